The molecule has 3 rings (SSSR count). The molecule has 18 heavy (non-hydrogen) atoms. The number of hydrogen-bond acceptors (Lipinski definition) is 4. The summed E-state index contributed by atoms with van der Waals surface area (Å²) < 4.78 is 12.9. The number of benzene rings is 1. The van der Waals surface area contributed by atoms with Gasteiger partial charge >= 0.3 is 0 Å². The average molecular weight is 245 g/mol. The first-order valence-electron chi connectivity index (χ1n) is 5.90. The summed E-state index contributed by atoms with van der Waals surface area (Å²) in [5.74, 6) is 1.58. The Hall–Kier alpha value is -2.01. The van der Waals surface area contributed by atoms with Gasteiger partial charge in [0.2, 0.25) is 0 Å². The quantitative estimate of drug-likeness (QED) is 0.866. The Bertz CT molecular complexity index is 578. The summed E-state index contributed by atoms with van der Waals surface area (Å²) in [6, 6.07) is 5.91. The van der Waals surface area contributed by atoms with Crippen molar-refractivity contribution in [2.75, 3.05) is 13.2 Å². The molecule has 0 spiro atoms. The fourth-order valence-electron chi connectivity index (χ4n) is 2.16. The van der Waals surface area contributed by atoms with E-state index in [1.54, 1.807) is 4.68 Å². The highest BCUT2D eigenvalue weighted by Gasteiger charge is 2.15. The monoisotopic (exact) mass is 245 g/mol. The summed E-state index contributed by atoms with van der Waals surface area (Å²) in [7, 11) is 1.89. The second-order valence-corrected chi connectivity index (χ2v) is 4.19. The van der Waals surface area contributed by atoms with Crippen molar-refractivity contribution in [3.63, 3.8) is 0 Å². The maximum absolute atomic E-state index is 5.75. The van der Waals surface area contributed by atoms with Crippen LogP contribution in [0.15, 0.2) is 24.4 Å². The summed E-state index contributed by atoms with van der Waals surface area (Å²) in [6.07, 6.45) is 1.83. The molecule has 0 fully saturated rings. The number of fused-ring (bicyclic) bond motifs is 1. The van der Waals surface area contributed by atoms with Gasteiger partial charge in [0.1, 0.15) is 13.2 Å². The minimum absolute atomic E-state index is 0.459. The Labute approximate surface area is 105 Å². The van der Waals surface area contributed by atoms with Crippen molar-refractivity contribution < 1.29 is 9.47 Å². The molecule has 1 aliphatic rings. The van der Waals surface area contributed by atoms with Crippen molar-refractivity contribution >= 4 is 0 Å². The molecular formula is C13H15N3O2. The van der Waals surface area contributed by atoms with E-state index < -0.39 is 0 Å². The van der Waals surface area contributed by atoms with Crippen molar-refractivity contribution in [1.29, 1.82) is 0 Å². The number of hydrogen-bond donors (Lipinski definition) is 1. The molecule has 0 unspecified atom stereocenters. The first-order valence-corrected chi connectivity index (χ1v) is 5.90. The van der Waals surface area contributed by atoms with E-state index >= 15 is 0 Å². The van der Waals surface area contributed by atoms with Crippen LogP contribution in [0.4, 0.5) is 0 Å². The van der Waals surface area contributed by atoms with Crippen molar-refractivity contribution in [2.45, 2.75) is 6.54 Å². The van der Waals surface area contributed by atoms with Crippen molar-refractivity contribution in [1.82, 2.24) is 9.78 Å². The molecule has 2 aromatic rings. The molecule has 0 bridgehead atoms. The molecule has 2 N–H and O–H groups in total. The molecule has 5 heteroatoms. The largest absolute Gasteiger partial charge is 0.486 e. The minimum atomic E-state index is 0.459. The lowest BCUT2D eigenvalue weighted by molar-refractivity contribution is 0.171. The molecule has 5 nitrogen and oxygen atoms in total. The Morgan fingerprint density at radius 3 is 2.83 bits per heavy atom. The van der Waals surface area contributed by atoms with E-state index in [9.17, 15) is 0 Å². The normalized spacial score (nSPS) is 13.7. The highest BCUT2D eigenvalue weighted by molar-refractivity contribution is 5.69. The first kappa shape index (κ1) is 11.1. The van der Waals surface area contributed by atoms with Gasteiger partial charge in [-0.1, -0.05) is 6.07 Å². The lowest BCUT2D eigenvalue weighted by Gasteiger charge is -2.18. The second-order valence-electron chi connectivity index (χ2n) is 4.19. The van der Waals surface area contributed by atoms with Gasteiger partial charge in [-0.15, -0.1) is 0 Å². The van der Waals surface area contributed by atoms with Crippen LogP contribution in [-0.2, 0) is 13.6 Å². The molecule has 1 aliphatic heterocycles. The number of aryl methyl sites for hydroxylation is 1. The van der Waals surface area contributed by atoms with Crippen molar-refractivity contribution in [2.24, 2.45) is 12.8 Å². The maximum Gasteiger partial charge on any atom is 0.161 e. The van der Waals surface area contributed by atoms with Crippen LogP contribution >= 0.6 is 0 Å². The van der Waals surface area contributed by atoms with E-state index in [-0.39, 0.29) is 0 Å². The summed E-state index contributed by atoms with van der Waals surface area (Å²) in [5.41, 5.74) is 8.85. The van der Waals surface area contributed by atoms with Gasteiger partial charge in [0.15, 0.2) is 11.5 Å². The molecule has 0 saturated carbocycles. The van der Waals surface area contributed by atoms with Crippen LogP contribution in [0.2, 0.25) is 0 Å². The van der Waals surface area contributed by atoms with Crippen LogP contribution in [0, 0.1) is 0 Å². The molecule has 0 atom stereocenters. The van der Waals surface area contributed by atoms with E-state index in [1.165, 1.54) is 0 Å². The molecule has 0 amide bonds. The van der Waals surface area contributed by atoms with E-state index in [4.69, 9.17) is 15.2 Å². The van der Waals surface area contributed by atoms with Gasteiger partial charge in [-0.2, -0.15) is 5.10 Å². The zero-order valence-corrected chi connectivity index (χ0v) is 10.2. The van der Waals surface area contributed by atoms with Crippen molar-refractivity contribution in [3.8, 4) is 22.6 Å². The number of nitrogens with two attached hydrogens (primary N) is 1. The highest BCUT2D eigenvalue weighted by Crippen LogP contribution is 2.35. The number of rotatable bonds is 2. The van der Waals surface area contributed by atoms with E-state index in [1.807, 2.05) is 31.4 Å². The first-order chi connectivity index (χ1) is 8.79. The summed E-state index contributed by atoms with van der Waals surface area (Å²) >= 11 is 0. The average Bonchev–Trinajstić information content (AvgIpc) is 2.79. The van der Waals surface area contributed by atoms with E-state index in [0.29, 0.717) is 19.8 Å². The molecule has 0 radical (unpaired) electrons. The molecule has 0 aliphatic carbocycles. The van der Waals surface area contributed by atoms with Gasteiger partial charge in [-0.25, -0.2) is 0 Å². The van der Waals surface area contributed by atoms with Crippen LogP contribution in [0.1, 0.15) is 5.69 Å². The fraction of sp³-hybridized carbons (Fsp3) is 0.308. The van der Waals surface area contributed by atoms with Gasteiger partial charge in [-0.3, -0.25) is 4.68 Å². The van der Waals surface area contributed by atoms with Crippen LogP contribution in [-0.4, -0.2) is 23.0 Å². The predicted molar refractivity (Wildman–Crippen MR) is 67.5 cm³/mol. The summed E-state index contributed by atoms with van der Waals surface area (Å²) in [6.45, 7) is 1.65. The molecule has 0 saturated heterocycles. The Morgan fingerprint density at radius 2 is 2.06 bits per heavy atom. The SMILES string of the molecule is Cn1ncc(-c2ccc3c(c2)OCCO3)c1CN. The van der Waals surface area contributed by atoms with Crippen LogP contribution < -0.4 is 15.2 Å². The van der Waals surface area contributed by atoms with Crippen molar-refractivity contribution in [3.05, 3.63) is 30.1 Å². The summed E-state index contributed by atoms with van der Waals surface area (Å²) in [5, 5.41) is 4.24. The highest BCUT2D eigenvalue weighted by atomic mass is 16.6. The van der Waals surface area contributed by atoms with E-state index in [2.05, 4.69) is 5.10 Å². The third-order valence-corrected chi connectivity index (χ3v) is 3.11. The van der Waals surface area contributed by atoms with E-state index in [0.717, 1.165) is 28.3 Å². The maximum atomic E-state index is 5.75. The number of nitrogens with zero attached hydrogens (tertiary/aromatic N) is 2. The Balaban J connectivity index is 2.06. The van der Waals surface area contributed by atoms with Crippen LogP contribution in [0.5, 0.6) is 11.5 Å². The molecule has 2 heterocycles. The van der Waals surface area contributed by atoms with Gasteiger partial charge < -0.3 is 15.2 Å². The van der Waals surface area contributed by atoms with Gasteiger partial charge in [0.25, 0.3) is 0 Å². The second kappa shape index (κ2) is 4.34. The van der Waals surface area contributed by atoms with Gasteiger partial charge in [0, 0.05) is 19.2 Å². The lowest BCUT2D eigenvalue weighted by Crippen LogP contribution is -2.15. The third kappa shape index (κ3) is 1.73. The van der Waals surface area contributed by atoms with Gasteiger partial charge in [-0.05, 0) is 17.7 Å². The minimum Gasteiger partial charge on any atom is -0.486 e. The smallest absolute Gasteiger partial charge is 0.161 e. The zero-order chi connectivity index (χ0) is 12.5. The number of ether oxygens (including phenoxy) is 2. The molecule has 1 aromatic carbocycles. The van der Waals surface area contributed by atoms with Crippen LogP contribution in [0.25, 0.3) is 11.1 Å². The zero-order valence-electron chi connectivity index (χ0n) is 10.2. The topological polar surface area (TPSA) is 62.3 Å². The Kier molecular flexibility index (Phi) is 2.68. The fourth-order valence-corrected chi connectivity index (χ4v) is 2.16. The molecular weight excluding hydrogens is 230 g/mol. The Morgan fingerprint density at radius 1 is 1.28 bits per heavy atom. The number of aromatic nitrogens is 2. The summed E-state index contributed by atoms with van der Waals surface area (Å²) in [4.78, 5) is 0. The lowest BCUT2D eigenvalue weighted by atomic mass is 10.1. The standard InChI is InChI=1S/C13H15N3O2/c1-16-11(7-14)10(8-15-16)9-2-3-12-13(6-9)18-5-4-17-12/h2-3,6,8H,4-5,7,14H2,1H3. The molecule has 94 valence electrons. The molecule has 1 aromatic heterocycles. The van der Waals surface area contributed by atoms with Gasteiger partial charge in [0.05, 0.1) is 11.9 Å². The van der Waals surface area contributed by atoms with Crippen LogP contribution in [0.3, 0.4) is 0 Å². The third-order valence-electron chi connectivity index (χ3n) is 3.11. The predicted octanol–water partition coefficient (Wildman–Crippen LogP) is 1.32.